The fourth-order valence-electron chi connectivity index (χ4n) is 5.24. The van der Waals surface area contributed by atoms with Gasteiger partial charge in [-0.3, -0.25) is 9.59 Å². The van der Waals surface area contributed by atoms with Crippen molar-refractivity contribution in [3.05, 3.63) is 82.0 Å². The molecule has 5 rings (SSSR count). The molecule has 0 N–H and O–H groups in total. The molecule has 3 aromatic rings. The topological polar surface area (TPSA) is 62.3 Å². The molecule has 1 aromatic heterocycles. The van der Waals surface area contributed by atoms with E-state index >= 15 is 0 Å². The van der Waals surface area contributed by atoms with Crippen molar-refractivity contribution in [1.82, 2.24) is 9.80 Å². The summed E-state index contributed by atoms with van der Waals surface area (Å²) >= 11 is 1.59. The molecule has 1 saturated heterocycles. The van der Waals surface area contributed by atoms with Crippen LogP contribution in [0.5, 0.6) is 5.75 Å². The number of methoxy groups -OCH3 is 2. The molecule has 2 aliphatic heterocycles. The standard InChI is InChI=1S/C28H31N3O4S/c1-34-18-17-31-26(24-8-5-19-36-24)25(22-6-3-4-7-23(22)27(31)32)28(33)30-15-13-29(14-16-30)20-9-11-21(35-2)12-10-20/h3-12,19,25-26H,13-18H2,1-2H3. The van der Waals surface area contributed by atoms with E-state index in [9.17, 15) is 9.59 Å². The van der Waals surface area contributed by atoms with Crippen LogP contribution in [0.4, 0.5) is 5.69 Å². The van der Waals surface area contributed by atoms with Gasteiger partial charge in [-0.25, -0.2) is 0 Å². The van der Waals surface area contributed by atoms with E-state index in [1.165, 1.54) is 0 Å². The van der Waals surface area contributed by atoms with E-state index in [4.69, 9.17) is 9.47 Å². The normalized spacial score (nSPS) is 19.8. The second-order valence-corrected chi connectivity index (χ2v) is 10.0. The van der Waals surface area contributed by atoms with Crippen LogP contribution in [0.1, 0.15) is 32.8 Å². The summed E-state index contributed by atoms with van der Waals surface area (Å²) in [6.45, 7) is 3.61. The number of ether oxygens (including phenoxy) is 2. The van der Waals surface area contributed by atoms with E-state index in [0.29, 0.717) is 31.8 Å². The summed E-state index contributed by atoms with van der Waals surface area (Å²) in [5.41, 5.74) is 2.55. The maximum atomic E-state index is 14.2. The molecule has 7 nitrogen and oxygen atoms in total. The highest BCUT2D eigenvalue weighted by molar-refractivity contribution is 7.10. The summed E-state index contributed by atoms with van der Waals surface area (Å²) in [6, 6.07) is 19.3. The number of carbonyl (C=O) groups excluding carboxylic acids is 2. The Hall–Kier alpha value is -3.36. The van der Waals surface area contributed by atoms with Gasteiger partial charge in [-0.1, -0.05) is 24.3 Å². The van der Waals surface area contributed by atoms with Crippen molar-refractivity contribution < 1.29 is 19.1 Å². The van der Waals surface area contributed by atoms with Crippen molar-refractivity contribution in [3.8, 4) is 5.75 Å². The van der Waals surface area contributed by atoms with E-state index in [-0.39, 0.29) is 17.9 Å². The fourth-order valence-corrected chi connectivity index (χ4v) is 6.12. The van der Waals surface area contributed by atoms with Crippen LogP contribution in [0, 0.1) is 0 Å². The molecular weight excluding hydrogens is 474 g/mol. The molecule has 2 aromatic carbocycles. The minimum Gasteiger partial charge on any atom is -0.497 e. The van der Waals surface area contributed by atoms with Crippen molar-refractivity contribution in [2.45, 2.75) is 12.0 Å². The second-order valence-electron chi connectivity index (χ2n) is 9.03. The Balaban J connectivity index is 1.43. The maximum absolute atomic E-state index is 14.2. The molecule has 2 atom stereocenters. The first kappa shape index (κ1) is 24.3. The van der Waals surface area contributed by atoms with Gasteiger partial charge in [0.25, 0.3) is 5.91 Å². The highest BCUT2D eigenvalue weighted by Crippen LogP contribution is 2.45. The summed E-state index contributed by atoms with van der Waals surface area (Å²) in [5, 5.41) is 2.00. The lowest BCUT2D eigenvalue weighted by Gasteiger charge is -2.44. The Morgan fingerprint density at radius 1 is 0.972 bits per heavy atom. The number of hydrogen-bond donors (Lipinski definition) is 0. The smallest absolute Gasteiger partial charge is 0.254 e. The molecule has 0 bridgehead atoms. The minimum absolute atomic E-state index is 0.0468. The van der Waals surface area contributed by atoms with Crippen LogP contribution in [0.25, 0.3) is 0 Å². The lowest BCUT2D eigenvalue weighted by atomic mass is 9.81. The zero-order chi connectivity index (χ0) is 25.1. The SMILES string of the molecule is COCCN1C(=O)c2ccccc2C(C(=O)N2CCN(c3ccc(OC)cc3)CC2)C1c1cccs1. The number of rotatable bonds is 7. The average molecular weight is 506 g/mol. The number of amides is 2. The summed E-state index contributed by atoms with van der Waals surface area (Å²) in [6.07, 6.45) is 0. The van der Waals surface area contributed by atoms with Crippen molar-refractivity contribution in [3.63, 3.8) is 0 Å². The molecule has 188 valence electrons. The maximum Gasteiger partial charge on any atom is 0.254 e. The van der Waals surface area contributed by atoms with Crippen LogP contribution in [0.15, 0.2) is 66.0 Å². The van der Waals surface area contributed by atoms with E-state index < -0.39 is 5.92 Å². The van der Waals surface area contributed by atoms with Crippen molar-refractivity contribution in [2.24, 2.45) is 0 Å². The highest BCUT2D eigenvalue weighted by Gasteiger charge is 2.46. The molecule has 0 radical (unpaired) electrons. The van der Waals surface area contributed by atoms with Crippen LogP contribution in [-0.2, 0) is 9.53 Å². The Kier molecular flexibility index (Phi) is 7.25. The molecule has 3 heterocycles. The first-order valence-corrected chi connectivity index (χ1v) is 13.1. The van der Waals surface area contributed by atoms with E-state index in [1.54, 1.807) is 25.6 Å². The van der Waals surface area contributed by atoms with E-state index in [0.717, 1.165) is 35.0 Å². The molecule has 8 heteroatoms. The van der Waals surface area contributed by atoms with Crippen LogP contribution >= 0.6 is 11.3 Å². The predicted molar refractivity (Wildman–Crippen MR) is 141 cm³/mol. The number of hydrogen-bond acceptors (Lipinski definition) is 6. The molecule has 0 aliphatic carbocycles. The van der Waals surface area contributed by atoms with Gasteiger partial charge in [-0.2, -0.15) is 0 Å². The number of benzene rings is 2. The number of nitrogens with zero attached hydrogens (tertiary/aromatic N) is 3. The average Bonchev–Trinajstić information content (AvgIpc) is 3.47. The first-order chi connectivity index (χ1) is 17.6. The van der Waals surface area contributed by atoms with Gasteiger partial charge < -0.3 is 24.2 Å². The third-order valence-electron chi connectivity index (χ3n) is 7.10. The quantitative estimate of drug-likeness (QED) is 0.485. The first-order valence-electron chi connectivity index (χ1n) is 12.2. The van der Waals surface area contributed by atoms with Crippen LogP contribution in [-0.4, -0.2) is 75.2 Å². The van der Waals surface area contributed by atoms with Crippen LogP contribution in [0.2, 0.25) is 0 Å². The number of thiophene rings is 1. The number of fused-ring (bicyclic) bond motifs is 1. The number of anilines is 1. The van der Waals surface area contributed by atoms with Gasteiger partial charge in [0.1, 0.15) is 5.75 Å². The van der Waals surface area contributed by atoms with E-state index in [2.05, 4.69) is 17.0 Å². The lowest BCUT2D eigenvalue weighted by molar-refractivity contribution is -0.135. The van der Waals surface area contributed by atoms with Crippen LogP contribution in [0.3, 0.4) is 0 Å². The molecule has 36 heavy (non-hydrogen) atoms. The molecule has 0 saturated carbocycles. The van der Waals surface area contributed by atoms with Gasteiger partial charge in [0.2, 0.25) is 5.91 Å². The lowest BCUT2D eigenvalue weighted by Crippen LogP contribution is -2.53. The molecule has 2 amide bonds. The summed E-state index contributed by atoms with van der Waals surface area (Å²) in [7, 11) is 3.30. The monoisotopic (exact) mass is 505 g/mol. The zero-order valence-electron chi connectivity index (χ0n) is 20.6. The van der Waals surface area contributed by atoms with Gasteiger partial charge in [0.05, 0.1) is 25.7 Å². The Labute approximate surface area is 215 Å². The zero-order valence-corrected chi connectivity index (χ0v) is 21.4. The summed E-state index contributed by atoms with van der Waals surface area (Å²) in [5.74, 6) is 0.400. The van der Waals surface area contributed by atoms with Crippen molar-refractivity contribution in [2.75, 3.05) is 58.5 Å². The Bertz CT molecular complexity index is 1190. The molecule has 2 unspecified atom stereocenters. The fraction of sp³-hybridized carbons (Fsp3) is 0.357. The van der Waals surface area contributed by atoms with Gasteiger partial charge in [0.15, 0.2) is 0 Å². The number of carbonyl (C=O) groups is 2. The summed E-state index contributed by atoms with van der Waals surface area (Å²) in [4.78, 5) is 34.9. The third-order valence-corrected chi connectivity index (χ3v) is 8.05. The van der Waals surface area contributed by atoms with Crippen molar-refractivity contribution >= 4 is 28.8 Å². The van der Waals surface area contributed by atoms with Crippen molar-refractivity contribution in [1.29, 1.82) is 0 Å². The van der Waals surface area contributed by atoms with Gasteiger partial charge in [0, 0.05) is 56.0 Å². The van der Waals surface area contributed by atoms with Gasteiger partial charge >= 0.3 is 0 Å². The third kappa shape index (κ3) is 4.58. The van der Waals surface area contributed by atoms with Gasteiger partial charge in [-0.05, 0) is 47.3 Å². The molecule has 0 spiro atoms. The Morgan fingerprint density at radius 2 is 1.72 bits per heavy atom. The van der Waals surface area contributed by atoms with Crippen LogP contribution < -0.4 is 9.64 Å². The largest absolute Gasteiger partial charge is 0.497 e. The number of piperazine rings is 1. The summed E-state index contributed by atoms with van der Waals surface area (Å²) < 4.78 is 10.6. The second kappa shape index (κ2) is 10.7. The Morgan fingerprint density at radius 3 is 2.39 bits per heavy atom. The molecular formula is C28H31N3O4S. The molecule has 1 fully saturated rings. The predicted octanol–water partition coefficient (Wildman–Crippen LogP) is 4.03. The van der Waals surface area contributed by atoms with Gasteiger partial charge in [-0.15, -0.1) is 11.3 Å². The highest BCUT2D eigenvalue weighted by atomic mass is 32.1. The van der Waals surface area contributed by atoms with E-state index in [1.807, 2.05) is 63.7 Å². The minimum atomic E-state index is -0.457. The molecule has 2 aliphatic rings.